The van der Waals surface area contributed by atoms with E-state index in [0.717, 1.165) is 7.11 Å². The van der Waals surface area contributed by atoms with Crippen LogP contribution in [0.4, 0.5) is 4.79 Å². The molecular weight excluding hydrogens is 294 g/mol. The summed E-state index contributed by atoms with van der Waals surface area (Å²) < 4.78 is 9.74. The molecule has 0 radical (unpaired) electrons. The van der Waals surface area contributed by atoms with Crippen LogP contribution in [-0.4, -0.2) is 52.7 Å². The molecule has 0 spiro atoms. The predicted molar refractivity (Wildman–Crippen MR) is 73.9 cm³/mol. The van der Waals surface area contributed by atoms with Crippen LogP contribution in [-0.2, 0) is 23.9 Å². The van der Waals surface area contributed by atoms with E-state index in [0.29, 0.717) is 4.90 Å². The van der Waals surface area contributed by atoms with Gasteiger partial charge in [-0.2, -0.15) is 0 Å². The molecule has 124 valence electrons. The van der Waals surface area contributed by atoms with Gasteiger partial charge in [0.05, 0.1) is 13.5 Å². The fourth-order valence-corrected chi connectivity index (χ4v) is 2.25. The summed E-state index contributed by atoms with van der Waals surface area (Å²) in [6, 6.07) is -1.09. The van der Waals surface area contributed by atoms with Crippen molar-refractivity contribution in [3.8, 4) is 0 Å². The highest BCUT2D eigenvalue weighted by atomic mass is 16.6. The average molecular weight is 315 g/mol. The molecule has 1 N–H and O–H groups in total. The summed E-state index contributed by atoms with van der Waals surface area (Å²) in [5, 5.41) is 8.84. The van der Waals surface area contributed by atoms with Crippen LogP contribution in [0.5, 0.6) is 0 Å². The first-order valence-corrected chi connectivity index (χ1v) is 6.92. The number of esters is 1. The van der Waals surface area contributed by atoms with E-state index in [9.17, 15) is 19.2 Å². The number of piperidine rings is 1. The van der Waals surface area contributed by atoms with Gasteiger partial charge in [-0.15, -0.1) is 0 Å². The van der Waals surface area contributed by atoms with Gasteiger partial charge in [0, 0.05) is 5.92 Å². The Bertz CT molecular complexity index is 480. The van der Waals surface area contributed by atoms with Crippen molar-refractivity contribution in [2.24, 2.45) is 5.92 Å². The number of imide groups is 1. The zero-order chi connectivity index (χ0) is 17.1. The number of carboxylic acid groups (broad SMARTS) is 1. The van der Waals surface area contributed by atoms with Crippen LogP contribution in [0.25, 0.3) is 0 Å². The monoisotopic (exact) mass is 315 g/mol. The minimum Gasteiger partial charge on any atom is -0.481 e. The zero-order valence-corrected chi connectivity index (χ0v) is 13.1. The zero-order valence-electron chi connectivity index (χ0n) is 13.1. The van der Waals surface area contributed by atoms with Crippen molar-refractivity contribution in [3.63, 3.8) is 0 Å². The molecule has 22 heavy (non-hydrogen) atoms. The molecule has 1 aliphatic heterocycles. The molecule has 0 aromatic heterocycles. The van der Waals surface area contributed by atoms with E-state index in [1.165, 1.54) is 0 Å². The van der Waals surface area contributed by atoms with Gasteiger partial charge in [-0.1, -0.05) is 0 Å². The number of hydrogen-bond acceptors (Lipinski definition) is 6. The summed E-state index contributed by atoms with van der Waals surface area (Å²) in [4.78, 5) is 47.9. The van der Waals surface area contributed by atoms with Crippen molar-refractivity contribution in [3.05, 3.63) is 0 Å². The third-order valence-corrected chi connectivity index (χ3v) is 3.17. The van der Waals surface area contributed by atoms with Crippen LogP contribution in [0, 0.1) is 5.92 Å². The van der Waals surface area contributed by atoms with Crippen molar-refractivity contribution < 1.29 is 33.8 Å². The summed E-state index contributed by atoms with van der Waals surface area (Å²) in [7, 11) is 1.16. The second kappa shape index (κ2) is 6.76. The molecule has 0 bridgehead atoms. The maximum atomic E-state index is 12.4. The first kappa shape index (κ1) is 17.9. The summed E-state index contributed by atoms with van der Waals surface area (Å²) in [5.41, 5.74) is -0.849. The predicted octanol–water partition coefficient (Wildman–Crippen LogP) is 1.18. The highest BCUT2D eigenvalue weighted by molar-refractivity contribution is 5.99. The van der Waals surface area contributed by atoms with E-state index in [2.05, 4.69) is 4.74 Å². The maximum absolute atomic E-state index is 12.4. The van der Waals surface area contributed by atoms with Crippen LogP contribution in [0.1, 0.15) is 40.0 Å². The van der Waals surface area contributed by atoms with E-state index in [4.69, 9.17) is 9.84 Å². The van der Waals surface area contributed by atoms with Crippen molar-refractivity contribution >= 4 is 23.9 Å². The Hall–Kier alpha value is -2.12. The third kappa shape index (κ3) is 4.44. The van der Waals surface area contributed by atoms with Gasteiger partial charge in [0.15, 0.2) is 0 Å². The van der Waals surface area contributed by atoms with Crippen molar-refractivity contribution in [2.75, 3.05) is 7.11 Å². The number of aliphatic carboxylic acids is 1. The molecule has 8 heteroatoms. The maximum Gasteiger partial charge on any atom is 0.417 e. The lowest BCUT2D eigenvalue weighted by Gasteiger charge is -2.36. The van der Waals surface area contributed by atoms with Gasteiger partial charge in [-0.3, -0.25) is 9.59 Å². The number of carbonyl (C=O) groups is 4. The molecule has 2 amide bonds. The third-order valence-electron chi connectivity index (χ3n) is 3.17. The van der Waals surface area contributed by atoms with Gasteiger partial charge in [0.2, 0.25) is 5.91 Å². The number of amides is 2. The Morgan fingerprint density at radius 3 is 2.32 bits per heavy atom. The number of likely N-dealkylation sites (tertiary alicyclic amines) is 1. The Balaban J connectivity index is 3.03. The van der Waals surface area contributed by atoms with Gasteiger partial charge in [-0.25, -0.2) is 14.5 Å². The number of methoxy groups -OCH3 is 1. The SMILES string of the molecule is COC(=O)[C@@H]1CCC(CC(=O)O)C(=O)N1C(=O)OC(C)(C)C. The Kier molecular flexibility index (Phi) is 5.51. The van der Waals surface area contributed by atoms with Gasteiger partial charge < -0.3 is 14.6 Å². The van der Waals surface area contributed by atoms with Crippen molar-refractivity contribution in [2.45, 2.75) is 51.7 Å². The number of hydrogen-bond donors (Lipinski definition) is 1. The molecule has 1 aliphatic rings. The smallest absolute Gasteiger partial charge is 0.417 e. The van der Waals surface area contributed by atoms with Crippen LogP contribution < -0.4 is 0 Å². The minimum atomic E-state index is -1.14. The Morgan fingerprint density at radius 2 is 1.86 bits per heavy atom. The molecule has 1 heterocycles. The number of carboxylic acids is 1. The number of ether oxygens (including phenoxy) is 2. The van der Waals surface area contributed by atoms with E-state index < -0.39 is 47.9 Å². The molecule has 0 saturated carbocycles. The highest BCUT2D eigenvalue weighted by Gasteiger charge is 2.45. The normalized spacial score (nSPS) is 22.2. The molecule has 2 atom stereocenters. The summed E-state index contributed by atoms with van der Waals surface area (Å²) in [6.07, 6.45) is -1.02. The van der Waals surface area contributed by atoms with E-state index in [1.807, 2.05) is 0 Å². The molecule has 1 rings (SSSR count). The van der Waals surface area contributed by atoms with Gasteiger partial charge in [-0.05, 0) is 33.6 Å². The van der Waals surface area contributed by atoms with E-state index in [-0.39, 0.29) is 12.8 Å². The fraction of sp³-hybridized carbons (Fsp3) is 0.714. The Labute approximate surface area is 128 Å². The van der Waals surface area contributed by atoms with Gasteiger partial charge in [0.25, 0.3) is 0 Å². The van der Waals surface area contributed by atoms with E-state index >= 15 is 0 Å². The molecule has 1 unspecified atom stereocenters. The minimum absolute atomic E-state index is 0.148. The second-order valence-electron chi connectivity index (χ2n) is 6.10. The average Bonchev–Trinajstić information content (AvgIpc) is 2.37. The first-order valence-electron chi connectivity index (χ1n) is 6.92. The molecule has 1 fully saturated rings. The fourth-order valence-electron chi connectivity index (χ4n) is 2.25. The molecule has 0 aliphatic carbocycles. The van der Waals surface area contributed by atoms with Gasteiger partial charge in [0.1, 0.15) is 11.6 Å². The lowest BCUT2D eigenvalue weighted by molar-refractivity contribution is -0.158. The molecule has 8 nitrogen and oxygen atoms in total. The largest absolute Gasteiger partial charge is 0.481 e. The number of carbonyl (C=O) groups excluding carboxylic acids is 3. The summed E-state index contributed by atoms with van der Waals surface area (Å²) >= 11 is 0. The van der Waals surface area contributed by atoms with Gasteiger partial charge >= 0.3 is 18.0 Å². The summed E-state index contributed by atoms with van der Waals surface area (Å²) in [6.45, 7) is 4.88. The highest BCUT2D eigenvalue weighted by Crippen LogP contribution is 2.28. The summed E-state index contributed by atoms with van der Waals surface area (Å²) in [5.74, 6) is -3.45. The van der Waals surface area contributed by atoms with Crippen LogP contribution in [0.2, 0.25) is 0 Å². The van der Waals surface area contributed by atoms with E-state index in [1.54, 1.807) is 20.8 Å². The van der Waals surface area contributed by atoms with Crippen molar-refractivity contribution in [1.82, 2.24) is 4.90 Å². The first-order chi connectivity index (χ1) is 10.1. The number of rotatable bonds is 3. The van der Waals surface area contributed by atoms with Crippen LogP contribution >= 0.6 is 0 Å². The molecule has 0 aromatic rings. The lowest BCUT2D eigenvalue weighted by Crippen LogP contribution is -2.55. The Morgan fingerprint density at radius 1 is 1.27 bits per heavy atom. The standard InChI is InChI=1S/C14H21NO7/c1-14(2,3)22-13(20)15-9(12(19)21-4)6-5-8(11(15)18)7-10(16)17/h8-9H,5-7H2,1-4H3,(H,16,17)/t8?,9-/m0/s1. The topological polar surface area (TPSA) is 110 Å². The lowest BCUT2D eigenvalue weighted by atomic mass is 9.89. The van der Waals surface area contributed by atoms with Crippen LogP contribution in [0.15, 0.2) is 0 Å². The number of nitrogens with zero attached hydrogens (tertiary/aromatic N) is 1. The quantitative estimate of drug-likeness (QED) is 0.778. The van der Waals surface area contributed by atoms with Crippen LogP contribution in [0.3, 0.4) is 0 Å². The molecule has 0 aromatic carbocycles. The van der Waals surface area contributed by atoms with Crippen molar-refractivity contribution in [1.29, 1.82) is 0 Å². The molecular formula is C14H21NO7. The second-order valence-corrected chi connectivity index (χ2v) is 6.10. The molecule has 1 saturated heterocycles.